The van der Waals surface area contributed by atoms with Crippen LogP contribution in [0.1, 0.15) is 36.6 Å². The molecule has 4 aromatic rings. The van der Waals surface area contributed by atoms with E-state index < -0.39 is 22.8 Å². The molecular formula is C26H23ClF2N4O3. The van der Waals surface area contributed by atoms with Gasteiger partial charge in [-0.3, -0.25) is 9.36 Å². The fourth-order valence-corrected chi connectivity index (χ4v) is 3.75. The second-order valence-electron chi connectivity index (χ2n) is 8.77. The molecule has 1 N–H and O–H groups in total. The molecule has 0 spiro atoms. The van der Waals surface area contributed by atoms with Crippen molar-refractivity contribution in [2.75, 3.05) is 0 Å². The molecule has 0 amide bonds. The molecule has 0 unspecified atom stereocenters. The molecule has 10 heteroatoms. The Morgan fingerprint density at radius 1 is 1.08 bits per heavy atom. The summed E-state index contributed by atoms with van der Waals surface area (Å²) in [5.74, 6) is -1.08. The maximum atomic E-state index is 13.9. The first-order valence-electron chi connectivity index (χ1n) is 11.0. The molecule has 4 rings (SSSR count). The molecule has 0 aliphatic rings. The Balaban J connectivity index is 1.72. The molecular weight excluding hydrogens is 490 g/mol. The summed E-state index contributed by atoms with van der Waals surface area (Å²) >= 11 is 6.31. The van der Waals surface area contributed by atoms with Gasteiger partial charge in [0.1, 0.15) is 29.7 Å². The highest BCUT2D eigenvalue weighted by Crippen LogP contribution is 2.27. The van der Waals surface area contributed by atoms with Crippen molar-refractivity contribution >= 4 is 11.6 Å². The lowest BCUT2D eigenvalue weighted by Gasteiger charge is -2.17. The first kappa shape index (κ1) is 25.4. The van der Waals surface area contributed by atoms with Gasteiger partial charge in [0, 0.05) is 23.4 Å². The molecule has 0 bridgehead atoms. The summed E-state index contributed by atoms with van der Waals surface area (Å²) in [6.07, 6.45) is 1.56. The van der Waals surface area contributed by atoms with Gasteiger partial charge in [-0.25, -0.2) is 18.7 Å². The molecule has 2 aromatic heterocycles. The second-order valence-corrected chi connectivity index (χ2v) is 9.15. The van der Waals surface area contributed by atoms with Gasteiger partial charge in [0.05, 0.1) is 11.4 Å². The third-order valence-electron chi connectivity index (χ3n) is 5.49. The number of benzene rings is 2. The van der Waals surface area contributed by atoms with Crippen LogP contribution < -0.4 is 10.3 Å². The van der Waals surface area contributed by atoms with Gasteiger partial charge < -0.3 is 9.84 Å². The van der Waals surface area contributed by atoms with Crippen LogP contribution in [0.25, 0.3) is 16.9 Å². The van der Waals surface area contributed by atoms with E-state index in [1.165, 1.54) is 10.6 Å². The minimum Gasteiger partial charge on any atom is -0.471 e. The molecule has 2 aromatic carbocycles. The summed E-state index contributed by atoms with van der Waals surface area (Å²) in [5, 5.41) is 9.99. The third-order valence-corrected chi connectivity index (χ3v) is 5.82. The van der Waals surface area contributed by atoms with E-state index in [4.69, 9.17) is 16.3 Å². The minimum atomic E-state index is -1.22. The first-order valence-corrected chi connectivity index (χ1v) is 11.4. The van der Waals surface area contributed by atoms with E-state index in [9.17, 15) is 18.7 Å². The fourth-order valence-electron chi connectivity index (χ4n) is 3.57. The summed E-state index contributed by atoms with van der Waals surface area (Å²) in [4.78, 5) is 26.2. The van der Waals surface area contributed by atoms with Gasteiger partial charge in [-0.2, -0.15) is 4.98 Å². The lowest BCUT2D eigenvalue weighted by molar-refractivity contribution is 0.0688. The zero-order valence-corrected chi connectivity index (χ0v) is 20.8. The van der Waals surface area contributed by atoms with E-state index in [0.717, 1.165) is 17.7 Å². The van der Waals surface area contributed by atoms with Crippen molar-refractivity contribution in [2.24, 2.45) is 0 Å². The van der Waals surface area contributed by atoms with Crippen molar-refractivity contribution in [2.45, 2.75) is 39.9 Å². The van der Waals surface area contributed by atoms with Crippen molar-refractivity contribution in [3.8, 4) is 22.8 Å². The van der Waals surface area contributed by atoms with Crippen molar-refractivity contribution in [3.63, 3.8) is 0 Å². The molecule has 0 saturated heterocycles. The number of hydrogen-bond acceptors (Lipinski definition) is 6. The van der Waals surface area contributed by atoms with E-state index >= 15 is 0 Å². The van der Waals surface area contributed by atoms with Crippen LogP contribution in [-0.4, -0.2) is 24.6 Å². The number of aliphatic hydroxyl groups is 1. The normalized spacial score (nSPS) is 11.6. The average Bonchev–Trinajstić information content (AvgIpc) is 2.82. The molecule has 2 heterocycles. The topological polar surface area (TPSA) is 90.1 Å². The van der Waals surface area contributed by atoms with Crippen LogP contribution in [0.4, 0.5) is 8.78 Å². The van der Waals surface area contributed by atoms with Crippen LogP contribution in [0.5, 0.6) is 5.88 Å². The number of aromatic nitrogens is 4. The highest BCUT2D eigenvalue weighted by Gasteiger charge is 2.21. The van der Waals surface area contributed by atoms with Crippen molar-refractivity contribution in [1.82, 2.24) is 19.5 Å². The Labute approximate surface area is 211 Å². The summed E-state index contributed by atoms with van der Waals surface area (Å²) < 4.78 is 34.0. The lowest BCUT2D eigenvalue weighted by Crippen LogP contribution is -2.24. The molecule has 36 heavy (non-hydrogen) atoms. The molecule has 0 aliphatic carbocycles. The van der Waals surface area contributed by atoms with Gasteiger partial charge in [-0.15, -0.1) is 0 Å². The number of ether oxygens (including phenoxy) is 1. The predicted octanol–water partition coefficient (Wildman–Crippen LogP) is 5.04. The Morgan fingerprint density at radius 2 is 1.83 bits per heavy atom. The van der Waals surface area contributed by atoms with Crippen LogP contribution in [0, 0.1) is 25.5 Å². The van der Waals surface area contributed by atoms with E-state index in [2.05, 4.69) is 15.0 Å². The number of aryl methyl sites for hydroxylation is 2. The highest BCUT2D eigenvalue weighted by atomic mass is 35.5. The number of nitrogens with zero attached hydrogens (tertiary/aromatic N) is 4. The SMILES string of the molecule is Cc1ccc(-c2ccnc(C(C)(C)O)n2)cc1-n1c(C)nc(OCc2ccc(F)cc2F)c(Cl)c1=O. The summed E-state index contributed by atoms with van der Waals surface area (Å²) in [5.41, 5.74) is 0.868. The highest BCUT2D eigenvalue weighted by molar-refractivity contribution is 6.31. The first-order chi connectivity index (χ1) is 17.0. The average molecular weight is 513 g/mol. The van der Waals surface area contributed by atoms with Crippen molar-refractivity contribution in [3.05, 3.63) is 98.4 Å². The third kappa shape index (κ3) is 5.12. The van der Waals surface area contributed by atoms with Gasteiger partial charge in [-0.1, -0.05) is 23.7 Å². The van der Waals surface area contributed by atoms with Crippen molar-refractivity contribution < 1.29 is 18.6 Å². The van der Waals surface area contributed by atoms with Crippen molar-refractivity contribution in [1.29, 1.82) is 0 Å². The maximum absolute atomic E-state index is 13.9. The van der Waals surface area contributed by atoms with Crippen LogP contribution >= 0.6 is 11.6 Å². The van der Waals surface area contributed by atoms with Crippen LogP contribution in [0.15, 0.2) is 53.5 Å². The summed E-state index contributed by atoms with van der Waals surface area (Å²) in [6.45, 7) is 6.36. The van der Waals surface area contributed by atoms with Gasteiger partial charge >= 0.3 is 0 Å². The van der Waals surface area contributed by atoms with Gasteiger partial charge in [-0.05, 0) is 57.5 Å². The molecule has 186 valence electrons. The predicted molar refractivity (Wildman–Crippen MR) is 131 cm³/mol. The van der Waals surface area contributed by atoms with Gasteiger partial charge in [0.25, 0.3) is 5.56 Å². The van der Waals surface area contributed by atoms with Gasteiger partial charge in [0.2, 0.25) is 5.88 Å². The summed E-state index contributed by atoms with van der Waals surface area (Å²) in [6, 6.07) is 10.3. The molecule has 7 nitrogen and oxygen atoms in total. The Kier molecular flexibility index (Phi) is 6.88. The Morgan fingerprint density at radius 3 is 2.53 bits per heavy atom. The molecule has 0 atom stereocenters. The monoisotopic (exact) mass is 512 g/mol. The van der Waals surface area contributed by atoms with Crippen LogP contribution in [0.2, 0.25) is 5.02 Å². The zero-order chi connectivity index (χ0) is 26.2. The largest absolute Gasteiger partial charge is 0.471 e. The molecule has 0 fully saturated rings. The number of rotatable bonds is 6. The van der Waals surface area contributed by atoms with E-state index in [0.29, 0.717) is 22.8 Å². The Bertz CT molecular complexity index is 1520. The minimum absolute atomic E-state index is 0.0925. The quantitative estimate of drug-likeness (QED) is 0.389. The van der Waals surface area contributed by atoms with Gasteiger partial charge in [0.15, 0.2) is 10.8 Å². The Hall–Kier alpha value is -3.69. The molecule has 0 aliphatic heterocycles. The number of hydrogen-bond donors (Lipinski definition) is 1. The van der Waals surface area contributed by atoms with Crippen LogP contribution in [-0.2, 0) is 12.2 Å². The maximum Gasteiger partial charge on any atom is 0.280 e. The standard InChI is InChI=1S/C26H23ClF2N4O3/c1-14-5-6-16(20-9-10-30-25(32-20)26(3,4)35)11-21(14)33-15(2)31-23(22(27)24(33)34)36-13-17-7-8-18(28)12-19(17)29/h5-12,35H,13H2,1-4H3. The smallest absolute Gasteiger partial charge is 0.280 e. The zero-order valence-electron chi connectivity index (χ0n) is 20.0. The second kappa shape index (κ2) is 9.75. The fraction of sp³-hybridized carbons (Fsp3) is 0.231. The van der Waals surface area contributed by atoms with E-state index in [1.54, 1.807) is 39.1 Å². The molecule has 0 saturated carbocycles. The molecule has 0 radical (unpaired) electrons. The lowest BCUT2D eigenvalue weighted by atomic mass is 10.1. The summed E-state index contributed by atoms with van der Waals surface area (Å²) in [7, 11) is 0. The van der Waals surface area contributed by atoms with Crippen LogP contribution in [0.3, 0.4) is 0 Å². The number of halogens is 3. The van der Waals surface area contributed by atoms with E-state index in [-0.39, 0.29) is 28.9 Å². The van der Waals surface area contributed by atoms with E-state index in [1.807, 2.05) is 19.1 Å².